The summed E-state index contributed by atoms with van der Waals surface area (Å²) >= 11 is 12.1. The molecule has 0 atom stereocenters. The lowest BCUT2D eigenvalue weighted by Gasteiger charge is -2.13. The first-order valence-electron chi connectivity index (χ1n) is 9.99. The molecule has 192 valence electrons. The monoisotopic (exact) mass is 588 g/mol. The fraction of sp³-hybridized carbons (Fsp3) is 0.0455. The molecule has 2 N–H and O–H groups in total. The number of halogens is 5. The normalized spacial score (nSPS) is 11.7. The van der Waals surface area contributed by atoms with Crippen LogP contribution in [-0.4, -0.2) is 24.5 Å². The molecule has 0 bridgehead atoms. The van der Waals surface area contributed by atoms with E-state index in [1.165, 1.54) is 36.4 Å². The predicted octanol–water partition coefficient (Wildman–Crippen LogP) is 6.71. The second-order valence-corrected chi connectivity index (χ2v) is 10.7. The summed E-state index contributed by atoms with van der Waals surface area (Å²) < 4.78 is 72.2. The number of hydrogen-bond acceptors (Lipinski definition) is 7. The Morgan fingerprint density at radius 1 is 0.973 bits per heavy atom. The second kappa shape index (κ2) is 10.5. The van der Waals surface area contributed by atoms with Gasteiger partial charge in [-0.05, 0) is 54.6 Å². The van der Waals surface area contributed by atoms with Crippen molar-refractivity contribution in [2.75, 3.05) is 10.0 Å². The van der Waals surface area contributed by atoms with Crippen LogP contribution in [0.5, 0.6) is 11.5 Å². The number of nitrogens with one attached hydrogen (secondary N) is 2. The maximum Gasteiger partial charge on any atom is 0.445 e. The molecule has 0 saturated heterocycles. The van der Waals surface area contributed by atoms with Crippen LogP contribution in [0.2, 0.25) is 10.0 Å². The van der Waals surface area contributed by atoms with Gasteiger partial charge in [0.1, 0.15) is 11.5 Å². The molecule has 0 aliphatic carbocycles. The summed E-state index contributed by atoms with van der Waals surface area (Å²) in [6, 6.07) is 15.9. The van der Waals surface area contributed by atoms with Crippen molar-refractivity contribution in [2.45, 2.75) is 11.1 Å². The molecule has 0 aliphatic heterocycles. The minimum Gasteiger partial charge on any atom is -0.456 e. The van der Waals surface area contributed by atoms with Gasteiger partial charge in [0.2, 0.25) is 10.1 Å². The van der Waals surface area contributed by atoms with Crippen LogP contribution < -0.4 is 14.8 Å². The number of rotatable bonds is 7. The van der Waals surface area contributed by atoms with Crippen molar-refractivity contribution in [2.24, 2.45) is 0 Å². The molecule has 4 rings (SSSR count). The number of amides is 1. The number of ether oxygens (including phenoxy) is 1. The first-order valence-corrected chi connectivity index (χ1v) is 13.0. The molecule has 1 amide bonds. The summed E-state index contributed by atoms with van der Waals surface area (Å²) in [7, 11) is -4.20. The molecule has 37 heavy (non-hydrogen) atoms. The van der Waals surface area contributed by atoms with Crippen molar-refractivity contribution in [1.29, 1.82) is 0 Å². The number of alkyl halides is 3. The number of aromatic nitrogens is 2. The molecular formula is C22H13Cl2F3N4O4S2. The van der Waals surface area contributed by atoms with Gasteiger partial charge >= 0.3 is 6.18 Å². The van der Waals surface area contributed by atoms with Crippen molar-refractivity contribution in [3.63, 3.8) is 0 Å². The van der Waals surface area contributed by atoms with Gasteiger partial charge < -0.3 is 4.74 Å². The maximum atomic E-state index is 13.0. The molecule has 0 aliphatic rings. The molecular weight excluding hydrogens is 576 g/mol. The van der Waals surface area contributed by atoms with E-state index in [4.69, 9.17) is 27.9 Å². The molecule has 4 aromatic rings. The van der Waals surface area contributed by atoms with Crippen LogP contribution in [0.1, 0.15) is 15.4 Å². The van der Waals surface area contributed by atoms with Crippen molar-refractivity contribution in [3.8, 4) is 11.5 Å². The van der Waals surface area contributed by atoms with Crippen LogP contribution in [0, 0.1) is 0 Å². The average Bonchev–Trinajstić information content (AvgIpc) is 3.31. The summed E-state index contributed by atoms with van der Waals surface area (Å²) in [5.41, 5.74) is -0.419. The van der Waals surface area contributed by atoms with Crippen molar-refractivity contribution < 1.29 is 31.1 Å². The fourth-order valence-electron chi connectivity index (χ4n) is 2.89. The summed E-state index contributed by atoms with van der Waals surface area (Å²) in [4.78, 5) is 12.6. The molecule has 0 saturated carbocycles. The third-order valence-electron chi connectivity index (χ3n) is 4.56. The summed E-state index contributed by atoms with van der Waals surface area (Å²) in [6.45, 7) is 0. The number of sulfonamides is 1. The summed E-state index contributed by atoms with van der Waals surface area (Å²) in [5, 5.41) is 7.22. The Hall–Kier alpha value is -3.39. The van der Waals surface area contributed by atoms with Gasteiger partial charge in [-0.25, -0.2) is 8.42 Å². The number of benzene rings is 3. The second-order valence-electron chi connectivity index (χ2n) is 7.16. The Morgan fingerprint density at radius 3 is 2.32 bits per heavy atom. The number of carbonyl (C=O) groups excluding carboxylic acids is 1. The van der Waals surface area contributed by atoms with Crippen molar-refractivity contribution >= 4 is 61.3 Å². The quantitative estimate of drug-likeness (QED) is 0.248. The highest BCUT2D eigenvalue weighted by Crippen LogP contribution is 2.34. The Labute approximate surface area is 222 Å². The molecule has 0 fully saturated rings. The molecule has 0 radical (unpaired) electrons. The molecule has 1 aromatic heterocycles. The van der Waals surface area contributed by atoms with Crippen molar-refractivity contribution in [3.05, 3.63) is 87.3 Å². The molecule has 1 heterocycles. The number of hydrogen-bond donors (Lipinski definition) is 2. The van der Waals surface area contributed by atoms with E-state index < -0.39 is 32.2 Å². The lowest BCUT2D eigenvalue weighted by Crippen LogP contribution is -2.18. The van der Waals surface area contributed by atoms with Crippen LogP contribution >= 0.6 is 34.5 Å². The molecule has 0 spiro atoms. The number of carbonyl (C=O) groups is 1. The highest BCUT2D eigenvalue weighted by Gasteiger charge is 2.36. The van der Waals surface area contributed by atoms with Crippen LogP contribution in [0.15, 0.2) is 71.6 Å². The zero-order valence-electron chi connectivity index (χ0n) is 18.1. The van der Waals surface area contributed by atoms with Crippen LogP contribution in [-0.2, 0) is 16.2 Å². The minimum absolute atomic E-state index is 0.0856. The van der Waals surface area contributed by atoms with Gasteiger partial charge in [-0.1, -0.05) is 46.7 Å². The SMILES string of the molecule is O=C(Nc1nnc(C(F)(F)F)s1)c1cc(Cl)ccc1NS(=O)(=O)c1ccc(Oc2ccccc2Cl)cc1. The van der Waals surface area contributed by atoms with Crippen LogP contribution in [0.3, 0.4) is 0 Å². The molecule has 0 unspecified atom stereocenters. The van der Waals surface area contributed by atoms with Gasteiger partial charge in [-0.15, -0.1) is 10.2 Å². The van der Waals surface area contributed by atoms with Gasteiger partial charge in [-0.2, -0.15) is 13.2 Å². The van der Waals surface area contributed by atoms with E-state index in [2.05, 4.69) is 20.2 Å². The zero-order chi connectivity index (χ0) is 26.8. The third kappa shape index (κ3) is 6.49. The van der Waals surface area contributed by atoms with E-state index in [0.717, 1.165) is 6.07 Å². The van der Waals surface area contributed by atoms with E-state index >= 15 is 0 Å². The predicted molar refractivity (Wildman–Crippen MR) is 133 cm³/mol. The highest BCUT2D eigenvalue weighted by molar-refractivity contribution is 7.92. The minimum atomic E-state index is -4.73. The van der Waals surface area contributed by atoms with Gasteiger partial charge in [0.05, 0.1) is 21.2 Å². The van der Waals surface area contributed by atoms with Gasteiger partial charge in [0, 0.05) is 5.02 Å². The van der Waals surface area contributed by atoms with Gasteiger partial charge in [0.25, 0.3) is 15.9 Å². The van der Waals surface area contributed by atoms with E-state index in [1.807, 2.05) is 0 Å². The number of para-hydroxylation sites is 1. The van der Waals surface area contributed by atoms with Crippen LogP contribution in [0.25, 0.3) is 0 Å². The lowest BCUT2D eigenvalue weighted by molar-refractivity contribution is -0.138. The Kier molecular flexibility index (Phi) is 7.59. The first-order chi connectivity index (χ1) is 17.4. The summed E-state index contributed by atoms with van der Waals surface area (Å²) in [5.74, 6) is -0.241. The summed E-state index contributed by atoms with van der Waals surface area (Å²) in [6.07, 6.45) is -4.73. The molecule has 15 heteroatoms. The first kappa shape index (κ1) is 26.7. The Balaban J connectivity index is 1.54. The Bertz CT molecular complexity index is 1560. The topological polar surface area (TPSA) is 110 Å². The maximum absolute atomic E-state index is 13.0. The van der Waals surface area contributed by atoms with Gasteiger partial charge in [-0.3, -0.25) is 14.8 Å². The molecule has 8 nitrogen and oxygen atoms in total. The van der Waals surface area contributed by atoms with E-state index in [9.17, 15) is 26.4 Å². The average molecular weight is 589 g/mol. The standard InChI is InChI=1S/C22H13Cl2F3N4O4S2/c23-12-5-10-17(15(11-12)19(32)28-21-30-29-20(36-21)22(25,26)27)31-37(33,34)14-8-6-13(7-9-14)35-18-4-2-1-3-16(18)24/h1-11,31H,(H,28,30,32). The third-order valence-corrected chi connectivity index (χ3v) is 7.37. The number of anilines is 2. The van der Waals surface area contributed by atoms with Crippen molar-refractivity contribution in [1.82, 2.24) is 10.2 Å². The van der Waals surface area contributed by atoms with E-state index in [1.54, 1.807) is 24.3 Å². The lowest BCUT2D eigenvalue weighted by atomic mass is 10.1. The smallest absolute Gasteiger partial charge is 0.445 e. The number of nitrogens with zero attached hydrogens (tertiary/aromatic N) is 2. The zero-order valence-corrected chi connectivity index (χ0v) is 21.2. The van der Waals surface area contributed by atoms with E-state index in [-0.39, 0.29) is 32.5 Å². The van der Waals surface area contributed by atoms with Crippen LogP contribution in [0.4, 0.5) is 24.0 Å². The Morgan fingerprint density at radius 2 is 1.68 bits per heavy atom. The highest BCUT2D eigenvalue weighted by atomic mass is 35.5. The fourth-order valence-corrected chi connectivity index (χ4v) is 4.92. The van der Waals surface area contributed by atoms with Gasteiger partial charge in [0.15, 0.2) is 0 Å². The van der Waals surface area contributed by atoms with E-state index in [0.29, 0.717) is 16.5 Å². The largest absolute Gasteiger partial charge is 0.456 e. The molecule has 3 aromatic carbocycles.